The van der Waals surface area contributed by atoms with Crippen molar-refractivity contribution in [3.05, 3.63) is 34.5 Å². The van der Waals surface area contributed by atoms with Crippen LogP contribution in [0, 0.1) is 6.92 Å². The molecule has 1 aliphatic heterocycles. The number of carbonyl (C=O) groups is 1. The molecule has 1 N–H and O–H groups in total. The fourth-order valence-corrected chi connectivity index (χ4v) is 4.22. The first-order chi connectivity index (χ1) is 12.4. The van der Waals surface area contributed by atoms with E-state index in [1.54, 1.807) is 12.0 Å². The van der Waals surface area contributed by atoms with E-state index in [1.165, 1.54) is 19.3 Å². The van der Waals surface area contributed by atoms with E-state index in [0.29, 0.717) is 16.7 Å². The third-order valence-electron chi connectivity index (χ3n) is 5.39. The van der Waals surface area contributed by atoms with Crippen LogP contribution >= 0.6 is 12.2 Å². The Morgan fingerprint density at radius 3 is 2.58 bits per heavy atom. The van der Waals surface area contributed by atoms with Crippen molar-refractivity contribution in [1.82, 2.24) is 10.2 Å². The maximum absolute atomic E-state index is 13.0. The predicted molar refractivity (Wildman–Crippen MR) is 109 cm³/mol. The van der Waals surface area contributed by atoms with Crippen LogP contribution in [0.5, 0.6) is 5.75 Å². The number of hydrogen-bond acceptors (Lipinski definition) is 3. The summed E-state index contributed by atoms with van der Waals surface area (Å²) >= 11 is 5.46. The minimum absolute atomic E-state index is 0.00298. The zero-order chi connectivity index (χ0) is 18.8. The lowest BCUT2D eigenvalue weighted by atomic mass is 9.94. The van der Waals surface area contributed by atoms with Gasteiger partial charge in [-0.15, -0.1) is 0 Å². The van der Waals surface area contributed by atoms with Crippen LogP contribution in [0.1, 0.15) is 68.6 Å². The minimum Gasteiger partial charge on any atom is -0.496 e. The number of nitrogens with zero attached hydrogens (tertiary/aromatic N) is 1. The topological polar surface area (TPSA) is 41.6 Å². The van der Waals surface area contributed by atoms with Gasteiger partial charge in [0.15, 0.2) is 5.11 Å². The van der Waals surface area contributed by atoms with E-state index >= 15 is 0 Å². The van der Waals surface area contributed by atoms with Crippen LogP contribution in [0.15, 0.2) is 17.8 Å². The summed E-state index contributed by atoms with van der Waals surface area (Å²) in [5.41, 5.74) is 3.82. The summed E-state index contributed by atoms with van der Waals surface area (Å²) in [7, 11) is 1.70. The molecule has 1 aromatic carbocycles. The fourth-order valence-electron chi connectivity index (χ4n) is 3.87. The van der Waals surface area contributed by atoms with Crippen LogP contribution in [0.25, 0.3) is 6.08 Å². The molecule has 1 saturated heterocycles. The Balaban J connectivity index is 1.91. The Morgan fingerprint density at radius 1 is 1.27 bits per heavy atom. The summed E-state index contributed by atoms with van der Waals surface area (Å²) in [5.74, 6) is 1.24. The molecular weight excluding hydrogens is 344 g/mol. The quantitative estimate of drug-likeness (QED) is 0.623. The average Bonchev–Trinajstić information content (AvgIpc) is 2.90. The number of nitrogens with one attached hydrogen (secondary N) is 1. The van der Waals surface area contributed by atoms with E-state index in [1.807, 2.05) is 19.1 Å². The van der Waals surface area contributed by atoms with E-state index in [4.69, 9.17) is 17.0 Å². The fraction of sp³-hybridized carbons (Fsp3) is 0.524. The average molecular weight is 373 g/mol. The van der Waals surface area contributed by atoms with Gasteiger partial charge in [0.1, 0.15) is 11.4 Å². The van der Waals surface area contributed by atoms with Crippen LogP contribution in [0.2, 0.25) is 0 Å². The molecule has 2 fully saturated rings. The number of amides is 1. The van der Waals surface area contributed by atoms with Gasteiger partial charge in [-0.2, -0.15) is 0 Å². The molecule has 4 nitrogen and oxygen atoms in total. The van der Waals surface area contributed by atoms with Crippen LogP contribution in [-0.4, -0.2) is 29.1 Å². The van der Waals surface area contributed by atoms with Crippen LogP contribution in [0.3, 0.4) is 0 Å². The SMILES string of the molecule is COc1cc(C)c(/C=C2\NC(=S)N(C3CCCCC3)C2=O)cc1C(C)C. The number of hydrogen-bond donors (Lipinski definition) is 1. The predicted octanol–water partition coefficient (Wildman–Crippen LogP) is 4.52. The first-order valence-electron chi connectivity index (χ1n) is 9.47. The monoisotopic (exact) mass is 372 g/mol. The van der Waals surface area contributed by atoms with E-state index in [-0.39, 0.29) is 11.9 Å². The summed E-state index contributed by atoms with van der Waals surface area (Å²) in [6.45, 7) is 6.32. The molecule has 0 radical (unpaired) electrons. The van der Waals surface area contributed by atoms with Crippen molar-refractivity contribution >= 4 is 29.3 Å². The molecule has 0 spiro atoms. The van der Waals surface area contributed by atoms with Gasteiger partial charge in [0.2, 0.25) is 0 Å². The van der Waals surface area contributed by atoms with Gasteiger partial charge < -0.3 is 10.1 Å². The second-order valence-corrected chi connectivity index (χ2v) is 7.95. The Morgan fingerprint density at radius 2 is 1.96 bits per heavy atom. The highest BCUT2D eigenvalue weighted by Gasteiger charge is 2.36. The summed E-state index contributed by atoms with van der Waals surface area (Å²) in [6.07, 6.45) is 7.61. The Hall–Kier alpha value is -1.88. The van der Waals surface area contributed by atoms with Gasteiger partial charge in [0.25, 0.3) is 5.91 Å². The van der Waals surface area contributed by atoms with Crippen molar-refractivity contribution in [2.75, 3.05) is 7.11 Å². The van der Waals surface area contributed by atoms with Gasteiger partial charge in [-0.3, -0.25) is 9.69 Å². The lowest BCUT2D eigenvalue weighted by molar-refractivity contribution is -0.124. The van der Waals surface area contributed by atoms with Gasteiger partial charge in [-0.25, -0.2) is 0 Å². The van der Waals surface area contributed by atoms with Crippen molar-refractivity contribution in [1.29, 1.82) is 0 Å². The number of methoxy groups -OCH3 is 1. The summed E-state index contributed by atoms with van der Waals surface area (Å²) in [5, 5.41) is 3.69. The third-order valence-corrected chi connectivity index (χ3v) is 5.69. The number of ether oxygens (including phenoxy) is 1. The molecule has 5 heteroatoms. The van der Waals surface area contributed by atoms with E-state index < -0.39 is 0 Å². The van der Waals surface area contributed by atoms with Crippen LogP contribution in [-0.2, 0) is 4.79 Å². The van der Waals surface area contributed by atoms with Crippen LogP contribution < -0.4 is 10.1 Å². The lowest BCUT2D eigenvalue weighted by Crippen LogP contribution is -2.41. The molecule has 0 unspecified atom stereocenters. The van der Waals surface area contributed by atoms with E-state index in [2.05, 4.69) is 25.2 Å². The first kappa shape index (κ1) is 18.9. The normalized spacial score (nSPS) is 20.2. The largest absolute Gasteiger partial charge is 0.496 e. The highest BCUT2D eigenvalue weighted by molar-refractivity contribution is 7.80. The molecule has 1 heterocycles. The number of thiocarbonyl (C=S) groups is 1. The third kappa shape index (κ3) is 3.63. The molecule has 140 valence electrons. The summed E-state index contributed by atoms with van der Waals surface area (Å²) in [4.78, 5) is 14.7. The summed E-state index contributed by atoms with van der Waals surface area (Å²) < 4.78 is 5.51. The highest BCUT2D eigenvalue weighted by atomic mass is 32.1. The number of benzene rings is 1. The van der Waals surface area contributed by atoms with Gasteiger partial charge >= 0.3 is 0 Å². The standard InChI is InChI=1S/C21H28N2O2S/c1-13(2)17-11-15(14(3)10-19(17)25-4)12-18-20(24)23(21(26)22-18)16-8-6-5-7-9-16/h10-13,16H,5-9H2,1-4H3,(H,22,26)/b18-12-. The van der Waals surface area contributed by atoms with E-state index in [0.717, 1.165) is 35.3 Å². The van der Waals surface area contributed by atoms with Gasteiger partial charge in [-0.1, -0.05) is 33.1 Å². The Kier molecular flexibility index (Phi) is 5.66. The second-order valence-electron chi connectivity index (χ2n) is 7.56. The molecular formula is C21H28N2O2S. The molecule has 0 aromatic heterocycles. The minimum atomic E-state index is 0.00298. The van der Waals surface area contributed by atoms with Crippen molar-refractivity contribution in [2.24, 2.45) is 0 Å². The maximum atomic E-state index is 13.0. The molecule has 3 rings (SSSR count). The van der Waals surface area contributed by atoms with Crippen molar-refractivity contribution < 1.29 is 9.53 Å². The van der Waals surface area contributed by atoms with Gasteiger partial charge in [-0.05, 0) is 72.8 Å². The second kappa shape index (κ2) is 7.78. The molecule has 2 aliphatic rings. The number of carbonyl (C=O) groups excluding carboxylic acids is 1. The first-order valence-corrected chi connectivity index (χ1v) is 9.88. The lowest BCUT2D eigenvalue weighted by Gasteiger charge is -2.29. The molecule has 1 aromatic rings. The van der Waals surface area contributed by atoms with E-state index in [9.17, 15) is 4.79 Å². The molecule has 1 saturated carbocycles. The van der Waals surface area contributed by atoms with Crippen LogP contribution in [0.4, 0.5) is 0 Å². The van der Waals surface area contributed by atoms with Gasteiger partial charge in [0.05, 0.1) is 7.11 Å². The molecule has 0 atom stereocenters. The van der Waals surface area contributed by atoms with Crippen molar-refractivity contribution in [2.45, 2.75) is 64.8 Å². The smallest absolute Gasteiger partial charge is 0.276 e. The molecule has 1 amide bonds. The Labute approximate surface area is 161 Å². The molecule has 26 heavy (non-hydrogen) atoms. The van der Waals surface area contributed by atoms with Crippen molar-refractivity contribution in [3.8, 4) is 5.75 Å². The summed E-state index contributed by atoms with van der Waals surface area (Å²) in [6, 6.07) is 4.40. The maximum Gasteiger partial charge on any atom is 0.276 e. The number of rotatable bonds is 4. The highest BCUT2D eigenvalue weighted by Crippen LogP contribution is 2.32. The van der Waals surface area contributed by atoms with Crippen molar-refractivity contribution in [3.63, 3.8) is 0 Å². The van der Waals surface area contributed by atoms with Gasteiger partial charge in [0, 0.05) is 6.04 Å². The molecule has 1 aliphatic carbocycles. The zero-order valence-electron chi connectivity index (χ0n) is 16.1. The molecule has 0 bridgehead atoms. The Bertz CT molecular complexity index is 749. The number of aryl methyl sites for hydroxylation is 1. The zero-order valence-corrected chi connectivity index (χ0v) is 16.9.